The van der Waals surface area contributed by atoms with E-state index in [4.69, 9.17) is 4.74 Å². The summed E-state index contributed by atoms with van der Waals surface area (Å²) < 4.78 is 33.4. The van der Waals surface area contributed by atoms with Crippen LogP contribution in [0.1, 0.15) is 17.3 Å². The van der Waals surface area contributed by atoms with E-state index in [0.29, 0.717) is 65.8 Å². The summed E-state index contributed by atoms with van der Waals surface area (Å²) >= 11 is -1.30. The molecule has 38 heavy (non-hydrogen) atoms. The summed E-state index contributed by atoms with van der Waals surface area (Å²) in [6, 6.07) is 11.6. The monoisotopic (exact) mass is 535 g/mol. The zero-order valence-corrected chi connectivity index (χ0v) is 21.8. The average Bonchev–Trinajstić information content (AvgIpc) is 3.32. The van der Waals surface area contributed by atoms with E-state index in [1.165, 1.54) is 18.5 Å². The number of ether oxygens (including phenoxy) is 1. The lowest BCUT2D eigenvalue weighted by atomic mass is 10.1. The molecular formula is C27H26FN5O4S. The topological polar surface area (TPSA) is 104 Å². The van der Waals surface area contributed by atoms with Gasteiger partial charge in [0.2, 0.25) is 5.95 Å². The van der Waals surface area contributed by atoms with Crippen molar-refractivity contribution in [1.82, 2.24) is 24.3 Å². The van der Waals surface area contributed by atoms with Crippen LogP contribution in [0.25, 0.3) is 28.0 Å². The Morgan fingerprint density at radius 1 is 1.05 bits per heavy atom. The Labute approximate surface area is 222 Å². The first-order valence-electron chi connectivity index (χ1n) is 12.1. The largest absolute Gasteiger partial charge is 0.612 e. The van der Waals surface area contributed by atoms with Gasteiger partial charge in [0.1, 0.15) is 12.1 Å². The van der Waals surface area contributed by atoms with Gasteiger partial charge in [-0.25, -0.2) is 19.2 Å². The Kier molecular flexibility index (Phi) is 7.30. The van der Waals surface area contributed by atoms with Crippen LogP contribution in [-0.2, 0) is 15.9 Å². The van der Waals surface area contributed by atoms with Crippen LogP contribution in [-0.4, -0.2) is 79.9 Å². The molecule has 0 aliphatic carbocycles. The minimum atomic E-state index is -1.30. The second kappa shape index (κ2) is 10.8. The molecule has 2 amide bonds. The van der Waals surface area contributed by atoms with E-state index in [0.717, 1.165) is 5.39 Å². The van der Waals surface area contributed by atoms with Gasteiger partial charge in [0.05, 0.1) is 23.7 Å². The van der Waals surface area contributed by atoms with Crippen LogP contribution < -0.4 is 0 Å². The third-order valence-electron chi connectivity index (χ3n) is 6.46. The molecule has 0 spiro atoms. The number of amides is 2. The normalized spacial score (nSPS) is 14.5. The number of carbonyl (C=O) groups is 2. The van der Waals surface area contributed by atoms with Gasteiger partial charge in [0.25, 0.3) is 5.91 Å². The Balaban J connectivity index is 1.45. The van der Waals surface area contributed by atoms with Crippen LogP contribution in [0.5, 0.6) is 0 Å². The number of nitrogens with zero attached hydrogens (tertiary/aromatic N) is 5. The first kappa shape index (κ1) is 25.7. The number of halogens is 1. The molecule has 2 aromatic heterocycles. The highest BCUT2D eigenvalue weighted by atomic mass is 32.2. The predicted molar refractivity (Wildman–Crippen MR) is 141 cm³/mol. The Bertz CT molecular complexity index is 1480. The number of benzene rings is 2. The number of piperazine rings is 1. The summed E-state index contributed by atoms with van der Waals surface area (Å²) in [6.07, 6.45) is 5.98. The molecule has 1 fully saturated rings. The number of hydrogen-bond donors (Lipinski definition) is 0. The molecule has 1 saturated heterocycles. The lowest BCUT2D eigenvalue weighted by Gasteiger charge is -2.34. The molecule has 11 heteroatoms. The van der Waals surface area contributed by atoms with E-state index >= 15 is 0 Å². The molecule has 5 rings (SSSR count). The van der Waals surface area contributed by atoms with Crippen molar-refractivity contribution >= 4 is 34.1 Å². The van der Waals surface area contributed by atoms with Crippen LogP contribution in [0, 0.1) is 5.82 Å². The molecule has 9 nitrogen and oxygen atoms in total. The number of aromatic nitrogens is 3. The quantitative estimate of drug-likeness (QED) is 0.360. The fraction of sp³-hybridized carbons (Fsp3) is 0.259. The number of carbonyl (C=O) groups excluding carboxylic acids is 2. The van der Waals surface area contributed by atoms with Crippen molar-refractivity contribution in [2.45, 2.75) is 11.8 Å². The van der Waals surface area contributed by atoms with Crippen LogP contribution in [0.15, 0.2) is 66.0 Å². The number of fused-ring (bicyclic) bond motifs is 1. The molecule has 1 aliphatic rings. The standard InChI is InChI=1S/C27H26FN5O4S/c1-3-37-27(35)32-12-10-31(11-13-32)25(34)18-8-9-21-23(14-18)33(17-24(21)38(2)36)26-29-15-19(16-30-26)20-6-4-5-7-22(20)28/h4-9,14-17H,3,10-13H2,1-2H3. The first-order valence-corrected chi connectivity index (χ1v) is 13.7. The summed E-state index contributed by atoms with van der Waals surface area (Å²) in [7, 11) is 0. The Morgan fingerprint density at radius 3 is 2.39 bits per heavy atom. The third kappa shape index (κ3) is 4.94. The fourth-order valence-corrected chi connectivity index (χ4v) is 5.23. The van der Waals surface area contributed by atoms with Gasteiger partial charge in [0, 0.05) is 55.3 Å². The Morgan fingerprint density at radius 2 is 1.74 bits per heavy atom. The van der Waals surface area contributed by atoms with Gasteiger partial charge in [-0.15, -0.1) is 0 Å². The highest BCUT2D eigenvalue weighted by Gasteiger charge is 2.27. The predicted octanol–water partition coefficient (Wildman–Crippen LogP) is 3.88. The minimum Gasteiger partial charge on any atom is -0.612 e. The molecule has 196 valence electrons. The molecule has 0 radical (unpaired) electrons. The summed E-state index contributed by atoms with van der Waals surface area (Å²) in [4.78, 5) is 38.0. The first-order chi connectivity index (χ1) is 18.4. The zero-order valence-electron chi connectivity index (χ0n) is 21.0. The van der Waals surface area contributed by atoms with Crippen molar-refractivity contribution in [3.8, 4) is 17.1 Å². The summed E-state index contributed by atoms with van der Waals surface area (Å²) in [5, 5.41) is 0.719. The lowest BCUT2D eigenvalue weighted by molar-refractivity contribution is 0.0570. The molecule has 1 unspecified atom stereocenters. The van der Waals surface area contributed by atoms with E-state index in [1.807, 2.05) is 0 Å². The second-order valence-electron chi connectivity index (χ2n) is 8.78. The van der Waals surface area contributed by atoms with Gasteiger partial charge in [0.15, 0.2) is 4.90 Å². The van der Waals surface area contributed by atoms with Crippen molar-refractivity contribution in [2.24, 2.45) is 0 Å². The van der Waals surface area contributed by atoms with Gasteiger partial charge in [-0.2, -0.15) is 0 Å². The third-order valence-corrected chi connectivity index (χ3v) is 7.40. The van der Waals surface area contributed by atoms with E-state index in [-0.39, 0.29) is 17.8 Å². The second-order valence-corrected chi connectivity index (χ2v) is 10.1. The van der Waals surface area contributed by atoms with Gasteiger partial charge in [-0.1, -0.05) is 18.2 Å². The smallest absolute Gasteiger partial charge is 0.409 e. The molecule has 2 aromatic carbocycles. The van der Waals surface area contributed by atoms with E-state index in [2.05, 4.69) is 9.97 Å². The van der Waals surface area contributed by atoms with E-state index in [1.54, 1.807) is 70.1 Å². The van der Waals surface area contributed by atoms with Crippen molar-refractivity contribution in [3.05, 3.63) is 72.4 Å². The highest BCUT2D eigenvalue weighted by molar-refractivity contribution is 7.91. The molecule has 3 heterocycles. The van der Waals surface area contributed by atoms with Crippen LogP contribution >= 0.6 is 0 Å². The molecule has 1 aliphatic heterocycles. The van der Waals surface area contributed by atoms with Crippen LogP contribution in [0.4, 0.5) is 9.18 Å². The minimum absolute atomic E-state index is 0.168. The molecule has 0 saturated carbocycles. The van der Waals surface area contributed by atoms with Crippen molar-refractivity contribution in [2.75, 3.05) is 39.0 Å². The Hall–Kier alpha value is -3.96. The molecule has 0 bridgehead atoms. The maximum atomic E-state index is 14.2. The number of hydrogen-bond acceptors (Lipinski definition) is 6. The average molecular weight is 536 g/mol. The van der Waals surface area contributed by atoms with Gasteiger partial charge < -0.3 is 19.1 Å². The summed E-state index contributed by atoms with van der Waals surface area (Å²) in [5.74, 6) is -0.234. The maximum absolute atomic E-state index is 14.2. The van der Waals surface area contributed by atoms with Gasteiger partial charge in [-0.05, 0) is 42.4 Å². The van der Waals surface area contributed by atoms with Crippen molar-refractivity contribution < 1.29 is 23.3 Å². The molecule has 0 N–H and O–H groups in total. The fourth-order valence-electron chi connectivity index (χ4n) is 4.49. The molecular weight excluding hydrogens is 509 g/mol. The number of rotatable bonds is 5. The summed E-state index contributed by atoms with van der Waals surface area (Å²) in [6.45, 7) is 3.63. The SMILES string of the molecule is CCOC(=O)N1CCN(C(=O)c2ccc3c([S+](C)[O-])cn(-c4ncc(-c5ccccc5F)cn4)c3c2)CC1. The van der Waals surface area contributed by atoms with Crippen molar-refractivity contribution in [1.29, 1.82) is 0 Å². The van der Waals surface area contributed by atoms with E-state index < -0.39 is 11.2 Å². The van der Waals surface area contributed by atoms with Crippen LogP contribution in [0.3, 0.4) is 0 Å². The highest BCUT2D eigenvalue weighted by Crippen LogP contribution is 2.29. The van der Waals surface area contributed by atoms with Gasteiger partial charge in [-0.3, -0.25) is 9.36 Å². The van der Waals surface area contributed by atoms with E-state index in [9.17, 15) is 18.5 Å². The van der Waals surface area contributed by atoms with Crippen molar-refractivity contribution in [3.63, 3.8) is 0 Å². The van der Waals surface area contributed by atoms with Crippen LogP contribution in [0.2, 0.25) is 0 Å². The zero-order chi connectivity index (χ0) is 26.8. The van der Waals surface area contributed by atoms with Gasteiger partial charge >= 0.3 is 6.09 Å². The molecule has 4 aromatic rings. The maximum Gasteiger partial charge on any atom is 0.409 e. The summed E-state index contributed by atoms with van der Waals surface area (Å²) in [5.41, 5.74) is 2.01. The molecule has 1 atom stereocenters. The lowest BCUT2D eigenvalue weighted by Crippen LogP contribution is -2.50.